The van der Waals surface area contributed by atoms with Gasteiger partial charge >= 0.3 is 0 Å². The molecule has 1 heterocycles. The van der Waals surface area contributed by atoms with Gasteiger partial charge in [-0.05, 0) is 18.4 Å². The molecule has 3 N–H and O–H groups in total. The average molecular weight is 255 g/mol. The van der Waals surface area contributed by atoms with Crippen molar-refractivity contribution in [3.8, 4) is 6.07 Å². The first kappa shape index (κ1) is 10.9. The van der Waals surface area contributed by atoms with E-state index in [1.807, 2.05) is 0 Å². The first-order valence-electron chi connectivity index (χ1n) is 4.32. The number of nitrogens with one attached hydrogen (secondary N) is 1. The number of hydrogen-bond acceptors (Lipinski definition) is 6. The first-order chi connectivity index (χ1) is 7.19. The molecule has 1 aliphatic carbocycles. The molecule has 0 radical (unpaired) electrons. The van der Waals surface area contributed by atoms with Gasteiger partial charge in [-0.2, -0.15) is 5.26 Å². The first-order valence-corrected chi connectivity index (χ1v) is 6.04. The van der Waals surface area contributed by atoms with E-state index < -0.39 is 0 Å². The van der Waals surface area contributed by atoms with Gasteiger partial charge < -0.3 is 5.43 Å². The number of thiol groups is 2. The summed E-state index contributed by atoms with van der Waals surface area (Å²) in [6.07, 6.45) is 1.61. The molecule has 0 aromatic carbocycles. The number of hydrazine groups is 1. The minimum absolute atomic E-state index is 0.734. The molecule has 1 aromatic rings. The van der Waals surface area contributed by atoms with E-state index in [-0.39, 0.29) is 0 Å². The van der Waals surface area contributed by atoms with Gasteiger partial charge in [0.25, 0.3) is 0 Å². The Morgan fingerprint density at radius 3 is 2.73 bits per heavy atom. The summed E-state index contributed by atoms with van der Waals surface area (Å²) in [7, 11) is 0. The Bertz CT molecular complexity index is 482. The number of nitrogens with zero attached hydrogens (tertiary/aromatic N) is 1. The fraction of sp³-hybridized carbons (Fsp3) is 0.222. The highest BCUT2D eigenvalue weighted by molar-refractivity contribution is 7.90. The lowest BCUT2D eigenvalue weighted by atomic mass is 9.97. The molecule has 0 fully saturated rings. The third kappa shape index (κ3) is 1.66. The Balaban J connectivity index is 2.64. The zero-order valence-corrected chi connectivity index (χ0v) is 10.3. The van der Waals surface area contributed by atoms with Crippen molar-refractivity contribution in [2.45, 2.75) is 17.1 Å². The maximum Gasteiger partial charge on any atom is 0.110 e. The molecule has 3 nitrogen and oxygen atoms in total. The van der Waals surface area contributed by atoms with Crippen LogP contribution in [0.15, 0.2) is 9.91 Å². The van der Waals surface area contributed by atoms with Crippen molar-refractivity contribution in [2.75, 3.05) is 0 Å². The normalized spacial score (nSPS) is 14.8. The van der Waals surface area contributed by atoms with E-state index >= 15 is 0 Å². The second kappa shape index (κ2) is 4.10. The summed E-state index contributed by atoms with van der Waals surface area (Å²) in [4.78, 5) is 1.54. The van der Waals surface area contributed by atoms with Crippen LogP contribution < -0.4 is 11.3 Å². The van der Waals surface area contributed by atoms with E-state index in [0.717, 1.165) is 43.7 Å². The van der Waals surface area contributed by atoms with Crippen LogP contribution in [0.2, 0.25) is 0 Å². The lowest BCUT2D eigenvalue weighted by molar-refractivity contribution is 0.781. The van der Waals surface area contributed by atoms with Crippen molar-refractivity contribution in [1.29, 1.82) is 5.26 Å². The number of nitriles is 1. The zero-order valence-electron chi connectivity index (χ0n) is 7.74. The SMILES string of the molecule is N#Cc1sc(S)c2c1CCC(NN)=C2S. The van der Waals surface area contributed by atoms with Crippen molar-refractivity contribution in [2.24, 2.45) is 5.84 Å². The molecule has 1 aliphatic rings. The molecule has 0 aliphatic heterocycles. The summed E-state index contributed by atoms with van der Waals surface area (Å²) in [5.74, 6) is 5.40. The molecule has 6 heteroatoms. The molecule has 0 bridgehead atoms. The highest BCUT2D eigenvalue weighted by Gasteiger charge is 2.24. The fourth-order valence-electron chi connectivity index (χ4n) is 1.68. The standard InChI is InChI=1S/C9H9N3S3/c10-3-6-4-1-2-5(12-11)8(13)7(4)9(14)15-6/h12-14H,1-2,11H2. The summed E-state index contributed by atoms with van der Waals surface area (Å²) in [6.45, 7) is 0. The predicted octanol–water partition coefficient (Wildman–Crippen LogP) is 1.92. The average Bonchev–Trinajstić information content (AvgIpc) is 2.56. The van der Waals surface area contributed by atoms with Crippen LogP contribution >= 0.6 is 36.6 Å². The largest absolute Gasteiger partial charge is 0.327 e. The molecule has 78 valence electrons. The van der Waals surface area contributed by atoms with Crippen molar-refractivity contribution in [3.63, 3.8) is 0 Å². The molecule has 0 unspecified atom stereocenters. The molecule has 1 aromatic heterocycles. The number of rotatable bonds is 1. The van der Waals surface area contributed by atoms with Gasteiger partial charge in [0.2, 0.25) is 0 Å². The van der Waals surface area contributed by atoms with Gasteiger partial charge in [-0.3, -0.25) is 5.84 Å². The maximum absolute atomic E-state index is 8.96. The van der Waals surface area contributed by atoms with E-state index in [9.17, 15) is 0 Å². The molecule has 0 saturated heterocycles. The van der Waals surface area contributed by atoms with Gasteiger partial charge in [-0.1, -0.05) is 0 Å². The van der Waals surface area contributed by atoms with Crippen LogP contribution in [0, 0.1) is 11.3 Å². The lowest BCUT2D eigenvalue weighted by Crippen LogP contribution is -2.24. The van der Waals surface area contributed by atoms with Gasteiger partial charge in [-0.25, -0.2) is 0 Å². The van der Waals surface area contributed by atoms with Crippen LogP contribution in [0.1, 0.15) is 22.4 Å². The van der Waals surface area contributed by atoms with Crippen LogP contribution in [0.25, 0.3) is 4.91 Å². The summed E-state index contributed by atoms with van der Waals surface area (Å²) in [5.41, 5.74) is 5.56. The quantitative estimate of drug-likeness (QED) is 0.352. The zero-order chi connectivity index (χ0) is 11.0. The second-order valence-electron chi connectivity index (χ2n) is 3.17. The van der Waals surface area contributed by atoms with E-state index in [1.54, 1.807) is 0 Å². The Morgan fingerprint density at radius 1 is 1.40 bits per heavy atom. The van der Waals surface area contributed by atoms with Gasteiger partial charge in [0.05, 0.1) is 4.21 Å². The van der Waals surface area contributed by atoms with Gasteiger partial charge in [0.15, 0.2) is 0 Å². The fourth-order valence-corrected chi connectivity index (χ4v) is 3.69. The summed E-state index contributed by atoms with van der Waals surface area (Å²) in [6, 6.07) is 2.19. The summed E-state index contributed by atoms with van der Waals surface area (Å²) < 4.78 is 0.832. The van der Waals surface area contributed by atoms with Crippen LogP contribution in [0.4, 0.5) is 0 Å². The topological polar surface area (TPSA) is 61.8 Å². The van der Waals surface area contributed by atoms with Gasteiger partial charge in [0.1, 0.15) is 10.9 Å². The molecular weight excluding hydrogens is 246 g/mol. The molecule has 0 atom stereocenters. The number of hydrogen-bond donors (Lipinski definition) is 4. The van der Waals surface area contributed by atoms with Crippen LogP contribution in [-0.2, 0) is 6.42 Å². The van der Waals surface area contributed by atoms with Crippen LogP contribution in [0.3, 0.4) is 0 Å². The van der Waals surface area contributed by atoms with E-state index in [0.29, 0.717) is 0 Å². The highest BCUT2D eigenvalue weighted by atomic mass is 32.2. The number of fused-ring (bicyclic) bond motifs is 1. The Labute approximate surface area is 103 Å². The summed E-state index contributed by atoms with van der Waals surface area (Å²) in [5, 5.41) is 8.96. The number of allylic oxidation sites excluding steroid dienone is 1. The van der Waals surface area contributed by atoms with Crippen LogP contribution in [-0.4, -0.2) is 0 Å². The summed E-state index contributed by atoms with van der Waals surface area (Å²) >= 11 is 10.2. The highest BCUT2D eigenvalue weighted by Crippen LogP contribution is 2.42. The molecule has 2 rings (SSSR count). The van der Waals surface area contributed by atoms with Crippen molar-refractivity contribution < 1.29 is 0 Å². The van der Waals surface area contributed by atoms with Crippen molar-refractivity contribution in [3.05, 3.63) is 21.7 Å². The van der Waals surface area contributed by atoms with Crippen molar-refractivity contribution in [1.82, 2.24) is 5.43 Å². The molecule has 0 spiro atoms. The Kier molecular flexibility index (Phi) is 2.98. The molecule has 15 heavy (non-hydrogen) atoms. The van der Waals surface area contributed by atoms with E-state index in [2.05, 4.69) is 36.8 Å². The molecule has 0 amide bonds. The minimum Gasteiger partial charge on any atom is -0.327 e. The third-order valence-corrected chi connectivity index (χ3v) is 4.34. The number of thiophene rings is 1. The lowest BCUT2D eigenvalue weighted by Gasteiger charge is -2.17. The Morgan fingerprint density at radius 2 is 2.13 bits per heavy atom. The number of nitrogens with two attached hydrogens (primary N) is 1. The van der Waals surface area contributed by atoms with Crippen molar-refractivity contribution >= 4 is 41.5 Å². The predicted molar refractivity (Wildman–Crippen MR) is 67.8 cm³/mol. The van der Waals surface area contributed by atoms with Gasteiger partial charge in [-0.15, -0.1) is 36.6 Å². The monoisotopic (exact) mass is 255 g/mol. The Hall–Kier alpha value is -0.610. The van der Waals surface area contributed by atoms with Crippen LogP contribution in [0.5, 0.6) is 0 Å². The van der Waals surface area contributed by atoms with E-state index in [1.165, 1.54) is 11.3 Å². The van der Waals surface area contributed by atoms with E-state index in [4.69, 9.17) is 11.1 Å². The second-order valence-corrected chi connectivity index (χ2v) is 5.39. The minimum atomic E-state index is 0.734. The molecule has 0 saturated carbocycles. The maximum atomic E-state index is 8.96. The smallest absolute Gasteiger partial charge is 0.110 e. The van der Waals surface area contributed by atoms with Gasteiger partial charge in [0, 0.05) is 16.2 Å². The third-order valence-electron chi connectivity index (χ3n) is 2.41. The molecular formula is C9H9N3S3.